The third-order valence-corrected chi connectivity index (χ3v) is 3.26. The Morgan fingerprint density at radius 1 is 1.08 bits per heavy atom. The predicted molar refractivity (Wildman–Crippen MR) is 50.1 cm³/mol. The van der Waals surface area contributed by atoms with Crippen LogP contribution in [0.25, 0.3) is 0 Å². The summed E-state index contributed by atoms with van der Waals surface area (Å²) in [5.74, 6) is 0. The second-order valence-electron chi connectivity index (χ2n) is 5.49. The van der Waals surface area contributed by atoms with Gasteiger partial charge < -0.3 is 4.74 Å². The highest BCUT2D eigenvalue weighted by Crippen LogP contribution is 2.54. The second-order valence-corrected chi connectivity index (χ2v) is 5.49. The molecule has 2 fully saturated rings. The van der Waals surface area contributed by atoms with Crippen molar-refractivity contribution in [2.24, 2.45) is 5.41 Å². The molecule has 1 spiro atoms. The lowest BCUT2D eigenvalue weighted by molar-refractivity contribution is 0.218. The van der Waals surface area contributed by atoms with E-state index < -0.39 is 0 Å². The first kappa shape index (κ1) is 8.55. The molecule has 0 amide bonds. The Balaban J connectivity index is 1.99. The Labute approximate surface area is 75.5 Å². The lowest BCUT2D eigenvalue weighted by Crippen LogP contribution is -2.26. The second kappa shape index (κ2) is 2.47. The lowest BCUT2D eigenvalue weighted by atomic mass is 9.78. The van der Waals surface area contributed by atoms with E-state index in [1.807, 2.05) is 0 Å². The summed E-state index contributed by atoms with van der Waals surface area (Å²) in [4.78, 5) is 0. The summed E-state index contributed by atoms with van der Waals surface area (Å²) in [6.45, 7) is 6.88. The summed E-state index contributed by atoms with van der Waals surface area (Å²) in [5.41, 5.74) is 0.688. The van der Waals surface area contributed by atoms with Crippen LogP contribution in [0.3, 0.4) is 0 Å². The molecule has 1 unspecified atom stereocenters. The zero-order valence-electron chi connectivity index (χ0n) is 8.52. The summed E-state index contributed by atoms with van der Waals surface area (Å²) >= 11 is 0. The van der Waals surface area contributed by atoms with Crippen LogP contribution in [-0.2, 0) is 4.74 Å². The molecule has 2 aliphatic rings. The molecule has 2 rings (SSSR count). The van der Waals surface area contributed by atoms with Crippen molar-refractivity contribution < 1.29 is 4.74 Å². The van der Waals surface area contributed by atoms with Gasteiger partial charge in [-0.05, 0) is 18.3 Å². The fraction of sp³-hybridized carbons (Fsp3) is 1.00. The molecular formula is C11H20O. The van der Waals surface area contributed by atoms with Crippen LogP contribution in [-0.4, -0.2) is 11.7 Å². The van der Waals surface area contributed by atoms with Gasteiger partial charge in [0.1, 0.15) is 0 Å². The van der Waals surface area contributed by atoms with E-state index in [0.29, 0.717) is 17.1 Å². The molecule has 0 radical (unpaired) electrons. The largest absolute Gasteiger partial charge is 0.365 e. The van der Waals surface area contributed by atoms with Crippen LogP contribution in [0.1, 0.15) is 52.9 Å². The Bertz CT molecular complexity index is 172. The highest BCUT2D eigenvalue weighted by Gasteiger charge is 2.60. The molecular weight excluding hydrogens is 148 g/mol. The Hall–Kier alpha value is -0.0400. The first-order valence-electron chi connectivity index (χ1n) is 5.22. The van der Waals surface area contributed by atoms with Gasteiger partial charge in [0, 0.05) is 0 Å². The van der Waals surface area contributed by atoms with Crippen LogP contribution >= 0.6 is 0 Å². The molecule has 0 aromatic heterocycles. The molecule has 1 heteroatoms. The minimum Gasteiger partial charge on any atom is -0.365 e. The highest BCUT2D eigenvalue weighted by molar-refractivity contribution is 5.08. The van der Waals surface area contributed by atoms with Crippen molar-refractivity contribution in [2.45, 2.75) is 64.6 Å². The van der Waals surface area contributed by atoms with E-state index in [1.165, 1.54) is 32.1 Å². The molecule has 0 bridgehead atoms. The average Bonchev–Trinajstić information content (AvgIpc) is 2.65. The van der Waals surface area contributed by atoms with E-state index in [9.17, 15) is 0 Å². The van der Waals surface area contributed by atoms with Crippen LogP contribution in [0.2, 0.25) is 0 Å². The molecule has 0 aromatic carbocycles. The fourth-order valence-electron chi connectivity index (χ4n) is 2.70. The fourth-order valence-corrected chi connectivity index (χ4v) is 2.70. The van der Waals surface area contributed by atoms with Crippen LogP contribution in [0, 0.1) is 5.41 Å². The Kier molecular flexibility index (Phi) is 1.76. The van der Waals surface area contributed by atoms with E-state index in [0.717, 1.165) is 0 Å². The zero-order chi connectivity index (χ0) is 8.82. The first-order chi connectivity index (χ1) is 5.55. The number of rotatable bonds is 0. The predicted octanol–water partition coefficient (Wildman–Crippen LogP) is 3.13. The molecule has 1 aliphatic heterocycles. The Morgan fingerprint density at radius 2 is 1.67 bits per heavy atom. The summed E-state index contributed by atoms with van der Waals surface area (Å²) in [7, 11) is 0. The minimum atomic E-state index is 0.330. The van der Waals surface area contributed by atoms with Crippen molar-refractivity contribution in [3.63, 3.8) is 0 Å². The van der Waals surface area contributed by atoms with Gasteiger partial charge in [-0.2, -0.15) is 0 Å². The molecule has 1 nitrogen and oxygen atoms in total. The monoisotopic (exact) mass is 168 g/mol. The van der Waals surface area contributed by atoms with Gasteiger partial charge in [-0.1, -0.05) is 40.0 Å². The van der Waals surface area contributed by atoms with Gasteiger partial charge in [-0.25, -0.2) is 0 Å². The van der Waals surface area contributed by atoms with Crippen LogP contribution in [0.15, 0.2) is 0 Å². The topological polar surface area (TPSA) is 12.5 Å². The molecule has 1 aliphatic carbocycles. The maximum atomic E-state index is 5.91. The maximum Gasteiger partial charge on any atom is 0.0953 e. The average molecular weight is 168 g/mol. The standard InChI is InChI=1S/C11H20O/c1-10(2,3)9-11(12-9)7-5-4-6-8-11/h9H,4-8H2,1-3H3. The van der Waals surface area contributed by atoms with E-state index >= 15 is 0 Å². The van der Waals surface area contributed by atoms with Crippen molar-refractivity contribution in [1.82, 2.24) is 0 Å². The van der Waals surface area contributed by atoms with Gasteiger partial charge in [0.15, 0.2) is 0 Å². The third-order valence-electron chi connectivity index (χ3n) is 3.26. The molecule has 1 saturated carbocycles. The highest BCUT2D eigenvalue weighted by atomic mass is 16.6. The molecule has 1 atom stereocenters. The molecule has 12 heavy (non-hydrogen) atoms. The number of ether oxygens (including phenoxy) is 1. The van der Waals surface area contributed by atoms with E-state index in [2.05, 4.69) is 20.8 Å². The van der Waals surface area contributed by atoms with Gasteiger partial charge in [0.05, 0.1) is 11.7 Å². The molecule has 1 heterocycles. The summed E-state index contributed by atoms with van der Waals surface area (Å²) in [6, 6.07) is 0. The number of epoxide rings is 1. The molecule has 1 saturated heterocycles. The van der Waals surface area contributed by atoms with Gasteiger partial charge in [0.2, 0.25) is 0 Å². The van der Waals surface area contributed by atoms with Gasteiger partial charge in [0.25, 0.3) is 0 Å². The minimum absolute atomic E-state index is 0.330. The molecule has 70 valence electrons. The summed E-state index contributed by atoms with van der Waals surface area (Å²) < 4.78 is 5.91. The van der Waals surface area contributed by atoms with E-state index in [4.69, 9.17) is 4.74 Å². The zero-order valence-corrected chi connectivity index (χ0v) is 8.52. The van der Waals surface area contributed by atoms with Crippen LogP contribution < -0.4 is 0 Å². The summed E-state index contributed by atoms with van der Waals surface area (Å²) in [6.07, 6.45) is 7.36. The molecule has 0 aromatic rings. The quantitative estimate of drug-likeness (QED) is 0.506. The normalized spacial score (nSPS) is 33.8. The smallest absolute Gasteiger partial charge is 0.0953 e. The van der Waals surface area contributed by atoms with Crippen molar-refractivity contribution in [3.05, 3.63) is 0 Å². The Morgan fingerprint density at radius 3 is 2.08 bits per heavy atom. The number of hydrogen-bond donors (Lipinski definition) is 0. The maximum absolute atomic E-state index is 5.91. The van der Waals surface area contributed by atoms with Crippen molar-refractivity contribution >= 4 is 0 Å². The van der Waals surface area contributed by atoms with Gasteiger partial charge in [-0.15, -0.1) is 0 Å². The first-order valence-corrected chi connectivity index (χ1v) is 5.22. The van der Waals surface area contributed by atoms with Crippen LogP contribution in [0.4, 0.5) is 0 Å². The summed E-state index contributed by atoms with van der Waals surface area (Å²) in [5, 5.41) is 0. The lowest BCUT2D eigenvalue weighted by Gasteiger charge is -2.23. The molecule has 0 N–H and O–H groups in total. The third kappa shape index (κ3) is 1.28. The van der Waals surface area contributed by atoms with Gasteiger partial charge >= 0.3 is 0 Å². The van der Waals surface area contributed by atoms with Gasteiger partial charge in [-0.3, -0.25) is 0 Å². The SMILES string of the molecule is CC(C)(C)C1OC12CCCCC2. The van der Waals surface area contributed by atoms with E-state index in [-0.39, 0.29) is 0 Å². The van der Waals surface area contributed by atoms with Crippen molar-refractivity contribution in [1.29, 1.82) is 0 Å². The van der Waals surface area contributed by atoms with Crippen molar-refractivity contribution in [2.75, 3.05) is 0 Å². The van der Waals surface area contributed by atoms with Crippen molar-refractivity contribution in [3.8, 4) is 0 Å². The van der Waals surface area contributed by atoms with Crippen LogP contribution in [0.5, 0.6) is 0 Å². The number of hydrogen-bond acceptors (Lipinski definition) is 1. The van der Waals surface area contributed by atoms with E-state index in [1.54, 1.807) is 0 Å².